The minimum atomic E-state index is -0.391. The standard InChI is InChI=1S/C13H21N3OS2/c1-9-7-19-12(15-9)13(2,3)16-11(17)6-10-8-18-5-4-14-10/h7,10,14H,4-6,8H2,1-3H3,(H,16,17). The molecule has 1 atom stereocenters. The van der Waals surface area contributed by atoms with Gasteiger partial charge in [0.2, 0.25) is 5.91 Å². The Hall–Kier alpha value is -0.590. The third-order valence-corrected chi connectivity index (χ3v) is 5.45. The van der Waals surface area contributed by atoms with Crippen molar-refractivity contribution in [3.05, 3.63) is 16.1 Å². The van der Waals surface area contributed by atoms with Crippen LogP contribution in [0.15, 0.2) is 5.38 Å². The highest BCUT2D eigenvalue weighted by atomic mass is 32.2. The van der Waals surface area contributed by atoms with Crippen molar-refractivity contribution >= 4 is 29.0 Å². The molecular formula is C13H21N3OS2. The van der Waals surface area contributed by atoms with E-state index in [4.69, 9.17) is 0 Å². The van der Waals surface area contributed by atoms with E-state index in [0.29, 0.717) is 12.5 Å². The summed E-state index contributed by atoms with van der Waals surface area (Å²) in [6.45, 7) is 6.98. The van der Waals surface area contributed by atoms with Crippen LogP contribution in [-0.2, 0) is 10.3 Å². The number of amides is 1. The molecule has 1 aromatic heterocycles. The fourth-order valence-electron chi connectivity index (χ4n) is 2.07. The van der Waals surface area contributed by atoms with Crippen LogP contribution in [0.5, 0.6) is 0 Å². The summed E-state index contributed by atoms with van der Waals surface area (Å²) in [5.74, 6) is 2.25. The second-order valence-electron chi connectivity index (χ2n) is 5.40. The maximum absolute atomic E-state index is 12.1. The number of hydrogen-bond acceptors (Lipinski definition) is 5. The fourth-order valence-corrected chi connectivity index (χ4v) is 3.90. The molecule has 2 rings (SSSR count). The number of nitrogens with one attached hydrogen (secondary N) is 2. The summed E-state index contributed by atoms with van der Waals surface area (Å²) < 4.78 is 0. The average Bonchev–Trinajstić information content (AvgIpc) is 2.77. The summed E-state index contributed by atoms with van der Waals surface area (Å²) in [4.78, 5) is 16.6. The van der Waals surface area contributed by atoms with E-state index in [1.165, 1.54) is 0 Å². The van der Waals surface area contributed by atoms with E-state index in [0.717, 1.165) is 28.8 Å². The number of thiazole rings is 1. The van der Waals surface area contributed by atoms with Gasteiger partial charge in [0, 0.05) is 41.6 Å². The number of carbonyl (C=O) groups excluding carboxylic acids is 1. The van der Waals surface area contributed by atoms with Gasteiger partial charge in [-0.2, -0.15) is 11.8 Å². The quantitative estimate of drug-likeness (QED) is 0.891. The third kappa shape index (κ3) is 4.19. The third-order valence-electron chi connectivity index (χ3n) is 3.04. The molecule has 0 radical (unpaired) electrons. The number of rotatable bonds is 4. The van der Waals surface area contributed by atoms with E-state index in [2.05, 4.69) is 15.6 Å². The van der Waals surface area contributed by atoms with Crippen LogP contribution in [-0.4, -0.2) is 35.0 Å². The molecule has 1 amide bonds. The molecule has 0 aliphatic carbocycles. The molecule has 2 heterocycles. The molecule has 1 saturated heterocycles. The van der Waals surface area contributed by atoms with E-state index in [1.54, 1.807) is 11.3 Å². The van der Waals surface area contributed by atoms with Gasteiger partial charge in [-0.15, -0.1) is 11.3 Å². The Labute approximate surface area is 122 Å². The number of hydrogen-bond donors (Lipinski definition) is 2. The Morgan fingerprint density at radius 3 is 3.00 bits per heavy atom. The predicted octanol–water partition coefficient (Wildman–Crippen LogP) is 1.90. The first-order valence-electron chi connectivity index (χ1n) is 6.52. The Bertz CT molecular complexity index is 439. The highest BCUT2D eigenvalue weighted by Gasteiger charge is 2.27. The van der Waals surface area contributed by atoms with Crippen LogP contribution in [0.3, 0.4) is 0 Å². The van der Waals surface area contributed by atoms with Gasteiger partial charge in [-0.25, -0.2) is 4.98 Å². The number of carbonyl (C=O) groups is 1. The van der Waals surface area contributed by atoms with Crippen molar-refractivity contribution in [3.8, 4) is 0 Å². The summed E-state index contributed by atoms with van der Waals surface area (Å²) in [5, 5.41) is 9.46. The molecule has 0 saturated carbocycles. The van der Waals surface area contributed by atoms with Crippen molar-refractivity contribution < 1.29 is 4.79 Å². The van der Waals surface area contributed by atoms with Crippen molar-refractivity contribution in [2.24, 2.45) is 0 Å². The van der Waals surface area contributed by atoms with Crippen molar-refractivity contribution in [1.82, 2.24) is 15.6 Å². The topological polar surface area (TPSA) is 54.0 Å². The Morgan fingerprint density at radius 2 is 2.42 bits per heavy atom. The molecule has 0 aromatic carbocycles. The molecule has 6 heteroatoms. The number of thioether (sulfide) groups is 1. The number of aromatic nitrogens is 1. The lowest BCUT2D eigenvalue weighted by molar-refractivity contribution is -0.123. The van der Waals surface area contributed by atoms with E-state index in [-0.39, 0.29) is 5.91 Å². The monoisotopic (exact) mass is 299 g/mol. The van der Waals surface area contributed by atoms with Crippen LogP contribution in [0, 0.1) is 6.92 Å². The zero-order valence-corrected chi connectivity index (χ0v) is 13.3. The van der Waals surface area contributed by atoms with Crippen molar-refractivity contribution in [1.29, 1.82) is 0 Å². The normalized spacial score (nSPS) is 20.3. The first-order chi connectivity index (χ1) is 8.97. The Morgan fingerprint density at radius 1 is 1.63 bits per heavy atom. The Kier molecular flexibility index (Phi) is 4.86. The SMILES string of the molecule is Cc1csc(C(C)(C)NC(=O)CC2CSCCN2)n1. The molecule has 4 nitrogen and oxygen atoms in total. The second kappa shape index (κ2) is 6.24. The number of aryl methyl sites for hydroxylation is 1. The molecule has 106 valence electrons. The van der Waals surface area contributed by atoms with Gasteiger partial charge in [0.15, 0.2) is 0 Å². The van der Waals surface area contributed by atoms with E-state index < -0.39 is 5.54 Å². The van der Waals surface area contributed by atoms with Crippen molar-refractivity contribution in [2.75, 3.05) is 18.1 Å². The van der Waals surface area contributed by atoms with Gasteiger partial charge in [-0.3, -0.25) is 4.79 Å². The first kappa shape index (κ1) is 14.8. The van der Waals surface area contributed by atoms with Crippen LogP contribution in [0.2, 0.25) is 0 Å². The molecule has 0 bridgehead atoms. The van der Waals surface area contributed by atoms with Crippen LogP contribution >= 0.6 is 23.1 Å². The lowest BCUT2D eigenvalue weighted by Crippen LogP contribution is -2.46. The van der Waals surface area contributed by atoms with Crippen LogP contribution in [0.4, 0.5) is 0 Å². The van der Waals surface area contributed by atoms with Gasteiger partial charge in [-0.1, -0.05) is 0 Å². The van der Waals surface area contributed by atoms with Crippen molar-refractivity contribution in [3.63, 3.8) is 0 Å². The van der Waals surface area contributed by atoms with E-state index in [1.807, 2.05) is 37.9 Å². The molecule has 1 aliphatic rings. The van der Waals surface area contributed by atoms with Gasteiger partial charge < -0.3 is 10.6 Å². The second-order valence-corrected chi connectivity index (χ2v) is 7.41. The van der Waals surface area contributed by atoms with Crippen LogP contribution < -0.4 is 10.6 Å². The summed E-state index contributed by atoms with van der Waals surface area (Å²) in [7, 11) is 0. The zero-order valence-electron chi connectivity index (χ0n) is 11.7. The minimum absolute atomic E-state index is 0.0952. The lowest BCUT2D eigenvalue weighted by atomic mass is 10.1. The minimum Gasteiger partial charge on any atom is -0.345 e. The number of nitrogens with zero attached hydrogens (tertiary/aromatic N) is 1. The molecule has 2 N–H and O–H groups in total. The van der Waals surface area contributed by atoms with Gasteiger partial charge >= 0.3 is 0 Å². The van der Waals surface area contributed by atoms with Gasteiger partial charge in [0.25, 0.3) is 0 Å². The van der Waals surface area contributed by atoms with E-state index >= 15 is 0 Å². The summed E-state index contributed by atoms with van der Waals surface area (Å²) in [5.41, 5.74) is 0.616. The maximum Gasteiger partial charge on any atom is 0.222 e. The van der Waals surface area contributed by atoms with Crippen molar-refractivity contribution in [2.45, 2.75) is 38.8 Å². The molecule has 1 unspecified atom stereocenters. The molecule has 0 spiro atoms. The summed E-state index contributed by atoms with van der Waals surface area (Å²) in [6.07, 6.45) is 0.542. The highest BCUT2D eigenvalue weighted by molar-refractivity contribution is 7.99. The molecule has 1 aromatic rings. The van der Waals surface area contributed by atoms with Crippen LogP contribution in [0.25, 0.3) is 0 Å². The molecule has 1 aliphatic heterocycles. The summed E-state index contributed by atoms with van der Waals surface area (Å²) in [6, 6.07) is 0.299. The average molecular weight is 299 g/mol. The maximum atomic E-state index is 12.1. The smallest absolute Gasteiger partial charge is 0.222 e. The van der Waals surface area contributed by atoms with Gasteiger partial charge in [0.05, 0.1) is 5.54 Å². The van der Waals surface area contributed by atoms with Crippen LogP contribution in [0.1, 0.15) is 31.0 Å². The fraction of sp³-hybridized carbons (Fsp3) is 0.692. The Balaban J connectivity index is 1.90. The first-order valence-corrected chi connectivity index (χ1v) is 8.55. The predicted molar refractivity (Wildman–Crippen MR) is 81.8 cm³/mol. The van der Waals surface area contributed by atoms with Gasteiger partial charge in [-0.05, 0) is 20.8 Å². The van der Waals surface area contributed by atoms with E-state index in [9.17, 15) is 4.79 Å². The molecular weight excluding hydrogens is 278 g/mol. The summed E-state index contributed by atoms with van der Waals surface area (Å²) >= 11 is 3.51. The largest absolute Gasteiger partial charge is 0.345 e. The van der Waals surface area contributed by atoms with Gasteiger partial charge in [0.1, 0.15) is 5.01 Å². The molecule has 1 fully saturated rings. The molecule has 19 heavy (non-hydrogen) atoms. The lowest BCUT2D eigenvalue weighted by Gasteiger charge is -2.27. The zero-order chi connectivity index (χ0) is 13.9. The highest BCUT2D eigenvalue weighted by Crippen LogP contribution is 2.24.